The standard InChI is InChI=1S/C15H23ClFNO/c1-4-7-14(19-6-3)15(18-5-2)12-9-8-11(16)10-13(12)17/h8-10,14-15,18H,4-7H2,1-3H3. The molecule has 0 fully saturated rings. The molecule has 0 aliphatic rings. The fourth-order valence-corrected chi connectivity index (χ4v) is 2.42. The number of rotatable bonds is 8. The lowest BCUT2D eigenvalue weighted by Crippen LogP contribution is -2.34. The molecule has 0 saturated carbocycles. The molecule has 4 heteroatoms. The first-order chi connectivity index (χ1) is 9.13. The van der Waals surface area contributed by atoms with Crippen molar-refractivity contribution in [1.82, 2.24) is 5.32 Å². The summed E-state index contributed by atoms with van der Waals surface area (Å²) in [4.78, 5) is 0. The molecule has 0 aliphatic carbocycles. The number of nitrogens with one attached hydrogen (secondary N) is 1. The molecule has 1 aromatic carbocycles. The van der Waals surface area contributed by atoms with Crippen molar-refractivity contribution < 1.29 is 9.13 Å². The number of halogens is 2. The highest BCUT2D eigenvalue weighted by atomic mass is 35.5. The van der Waals surface area contributed by atoms with Gasteiger partial charge in [0.15, 0.2) is 0 Å². The van der Waals surface area contributed by atoms with Crippen molar-refractivity contribution in [2.75, 3.05) is 13.2 Å². The molecule has 19 heavy (non-hydrogen) atoms. The fourth-order valence-electron chi connectivity index (χ4n) is 2.26. The topological polar surface area (TPSA) is 21.3 Å². The summed E-state index contributed by atoms with van der Waals surface area (Å²) in [6.07, 6.45) is 1.88. The van der Waals surface area contributed by atoms with Crippen LogP contribution in [0.15, 0.2) is 18.2 Å². The summed E-state index contributed by atoms with van der Waals surface area (Å²) in [5, 5.41) is 3.74. The van der Waals surface area contributed by atoms with Gasteiger partial charge >= 0.3 is 0 Å². The molecule has 2 nitrogen and oxygen atoms in total. The van der Waals surface area contributed by atoms with Gasteiger partial charge in [0.2, 0.25) is 0 Å². The van der Waals surface area contributed by atoms with Gasteiger partial charge in [0, 0.05) is 17.2 Å². The number of likely N-dealkylation sites (N-methyl/N-ethyl adjacent to an activating group) is 1. The summed E-state index contributed by atoms with van der Waals surface area (Å²) in [6.45, 7) is 7.47. The Kier molecular flexibility index (Phi) is 7.36. The van der Waals surface area contributed by atoms with Crippen LogP contribution in [0.1, 0.15) is 45.2 Å². The average molecular weight is 288 g/mol. The van der Waals surface area contributed by atoms with E-state index in [0.29, 0.717) is 17.2 Å². The monoisotopic (exact) mass is 287 g/mol. The van der Waals surface area contributed by atoms with Gasteiger partial charge in [0.1, 0.15) is 5.82 Å². The van der Waals surface area contributed by atoms with Crippen LogP contribution in [-0.4, -0.2) is 19.3 Å². The lowest BCUT2D eigenvalue weighted by atomic mass is 9.97. The first-order valence-electron chi connectivity index (χ1n) is 6.93. The van der Waals surface area contributed by atoms with Crippen LogP contribution in [0.4, 0.5) is 4.39 Å². The summed E-state index contributed by atoms with van der Waals surface area (Å²) in [6, 6.07) is 4.68. The minimum Gasteiger partial charge on any atom is -0.377 e. The van der Waals surface area contributed by atoms with Crippen molar-refractivity contribution in [1.29, 1.82) is 0 Å². The molecule has 1 aromatic rings. The minimum atomic E-state index is -0.278. The second kappa shape index (κ2) is 8.51. The van der Waals surface area contributed by atoms with E-state index in [1.54, 1.807) is 12.1 Å². The first kappa shape index (κ1) is 16.4. The maximum atomic E-state index is 14.1. The summed E-state index contributed by atoms with van der Waals surface area (Å²) < 4.78 is 19.9. The number of benzene rings is 1. The predicted octanol–water partition coefficient (Wildman–Crippen LogP) is 4.33. The van der Waals surface area contributed by atoms with Gasteiger partial charge in [-0.3, -0.25) is 0 Å². The van der Waals surface area contributed by atoms with Gasteiger partial charge in [-0.05, 0) is 32.0 Å². The van der Waals surface area contributed by atoms with Crippen molar-refractivity contribution in [3.63, 3.8) is 0 Å². The van der Waals surface area contributed by atoms with Crippen molar-refractivity contribution in [2.24, 2.45) is 0 Å². The van der Waals surface area contributed by atoms with Gasteiger partial charge in [-0.1, -0.05) is 37.9 Å². The highest BCUT2D eigenvalue weighted by Crippen LogP contribution is 2.27. The molecular weight excluding hydrogens is 265 g/mol. The van der Waals surface area contributed by atoms with E-state index >= 15 is 0 Å². The molecule has 2 unspecified atom stereocenters. The Morgan fingerprint density at radius 3 is 2.58 bits per heavy atom. The molecule has 0 radical (unpaired) electrons. The molecule has 0 amide bonds. The summed E-state index contributed by atoms with van der Waals surface area (Å²) in [7, 11) is 0. The Morgan fingerprint density at radius 2 is 2.05 bits per heavy atom. The van der Waals surface area contributed by atoms with Crippen molar-refractivity contribution in [2.45, 2.75) is 45.8 Å². The largest absolute Gasteiger partial charge is 0.377 e. The number of hydrogen-bond acceptors (Lipinski definition) is 2. The van der Waals surface area contributed by atoms with Crippen LogP contribution in [-0.2, 0) is 4.74 Å². The van der Waals surface area contributed by atoms with E-state index < -0.39 is 0 Å². The van der Waals surface area contributed by atoms with E-state index in [2.05, 4.69) is 12.2 Å². The van der Waals surface area contributed by atoms with Crippen molar-refractivity contribution >= 4 is 11.6 Å². The number of ether oxygens (including phenoxy) is 1. The van der Waals surface area contributed by atoms with Crippen molar-refractivity contribution in [3.8, 4) is 0 Å². The third-order valence-electron chi connectivity index (χ3n) is 3.05. The van der Waals surface area contributed by atoms with E-state index in [1.165, 1.54) is 6.07 Å². The molecule has 2 atom stereocenters. The highest BCUT2D eigenvalue weighted by molar-refractivity contribution is 6.30. The molecule has 0 saturated heterocycles. The summed E-state index contributed by atoms with van der Waals surface area (Å²) in [5.41, 5.74) is 0.623. The third-order valence-corrected chi connectivity index (χ3v) is 3.28. The van der Waals surface area contributed by atoms with Gasteiger partial charge in [0.05, 0.1) is 12.1 Å². The zero-order valence-corrected chi connectivity index (χ0v) is 12.6. The lowest BCUT2D eigenvalue weighted by Gasteiger charge is -2.28. The van der Waals surface area contributed by atoms with Crippen LogP contribution >= 0.6 is 11.6 Å². The highest BCUT2D eigenvalue weighted by Gasteiger charge is 2.24. The fraction of sp³-hybridized carbons (Fsp3) is 0.600. The second-order valence-corrected chi connectivity index (χ2v) is 4.92. The lowest BCUT2D eigenvalue weighted by molar-refractivity contribution is 0.0271. The summed E-state index contributed by atoms with van der Waals surface area (Å²) >= 11 is 5.81. The van der Waals surface area contributed by atoms with E-state index in [0.717, 1.165) is 19.4 Å². The van der Waals surface area contributed by atoms with Crippen LogP contribution < -0.4 is 5.32 Å². The van der Waals surface area contributed by atoms with E-state index in [9.17, 15) is 4.39 Å². The Hall–Kier alpha value is -0.640. The molecule has 108 valence electrons. The van der Waals surface area contributed by atoms with Crippen LogP contribution in [0.2, 0.25) is 5.02 Å². The zero-order valence-electron chi connectivity index (χ0n) is 11.9. The van der Waals surface area contributed by atoms with Gasteiger partial charge in [-0.2, -0.15) is 0 Å². The Labute approximate surface area is 120 Å². The van der Waals surface area contributed by atoms with Crippen LogP contribution in [0.25, 0.3) is 0 Å². The van der Waals surface area contributed by atoms with Crippen LogP contribution in [0, 0.1) is 5.82 Å². The molecule has 0 bridgehead atoms. The molecule has 0 aliphatic heterocycles. The Bertz CT molecular complexity index is 380. The van der Waals surface area contributed by atoms with Crippen molar-refractivity contribution in [3.05, 3.63) is 34.6 Å². The molecule has 1 N–H and O–H groups in total. The molecule has 0 aromatic heterocycles. The van der Waals surface area contributed by atoms with Gasteiger partial charge in [-0.15, -0.1) is 0 Å². The smallest absolute Gasteiger partial charge is 0.129 e. The average Bonchev–Trinajstić information content (AvgIpc) is 2.37. The SMILES string of the molecule is CCCC(OCC)C(NCC)c1ccc(Cl)cc1F. The van der Waals surface area contributed by atoms with Gasteiger partial charge in [-0.25, -0.2) is 4.39 Å². The minimum absolute atomic E-state index is 0.0226. The van der Waals surface area contributed by atoms with E-state index in [1.807, 2.05) is 13.8 Å². The predicted molar refractivity (Wildman–Crippen MR) is 78.1 cm³/mol. The molecular formula is C15H23ClFNO. The first-order valence-corrected chi connectivity index (χ1v) is 7.31. The van der Waals surface area contributed by atoms with E-state index in [4.69, 9.17) is 16.3 Å². The maximum absolute atomic E-state index is 14.1. The third kappa shape index (κ3) is 4.75. The van der Waals surface area contributed by atoms with Gasteiger partial charge in [0.25, 0.3) is 0 Å². The van der Waals surface area contributed by atoms with Crippen LogP contribution in [0.3, 0.4) is 0 Å². The summed E-state index contributed by atoms with van der Waals surface area (Å²) in [5.74, 6) is -0.278. The van der Waals surface area contributed by atoms with E-state index in [-0.39, 0.29) is 18.0 Å². The van der Waals surface area contributed by atoms with Crippen LogP contribution in [0.5, 0.6) is 0 Å². The Balaban J connectivity index is 3.02. The molecule has 0 heterocycles. The van der Waals surface area contributed by atoms with Gasteiger partial charge < -0.3 is 10.1 Å². The normalized spacial score (nSPS) is 14.4. The second-order valence-electron chi connectivity index (χ2n) is 4.48. The molecule has 1 rings (SSSR count). The number of hydrogen-bond donors (Lipinski definition) is 1. The zero-order chi connectivity index (χ0) is 14.3. The molecule has 0 spiro atoms. The maximum Gasteiger partial charge on any atom is 0.129 e. The quantitative estimate of drug-likeness (QED) is 0.768. The Morgan fingerprint density at radius 1 is 1.32 bits per heavy atom.